The fourth-order valence-corrected chi connectivity index (χ4v) is 1.91. The van der Waals surface area contributed by atoms with Crippen molar-refractivity contribution in [1.82, 2.24) is 10.2 Å². The number of carbonyl (C=O) groups excluding carboxylic acids is 1. The lowest BCUT2D eigenvalue weighted by Crippen LogP contribution is -2.40. The maximum Gasteiger partial charge on any atom is 0.227 e. The summed E-state index contributed by atoms with van der Waals surface area (Å²) >= 11 is 0. The summed E-state index contributed by atoms with van der Waals surface area (Å²) in [6, 6.07) is 0.770. The van der Waals surface area contributed by atoms with E-state index in [1.165, 1.54) is 12.8 Å². The van der Waals surface area contributed by atoms with Crippen LogP contribution in [-0.2, 0) is 4.79 Å². The number of nitrogens with zero attached hydrogens (tertiary/aromatic N) is 1. The number of carbonyl (C=O) groups is 1. The first-order chi connectivity index (χ1) is 7.18. The van der Waals surface area contributed by atoms with Gasteiger partial charge in [0.05, 0.1) is 5.41 Å². The average molecular weight is 211 g/mol. The molecule has 0 aromatic rings. The summed E-state index contributed by atoms with van der Waals surface area (Å²) < 4.78 is 0. The van der Waals surface area contributed by atoms with Crippen LogP contribution >= 0.6 is 0 Å². The van der Waals surface area contributed by atoms with Gasteiger partial charge in [-0.2, -0.15) is 0 Å². The van der Waals surface area contributed by atoms with E-state index in [0.717, 1.165) is 32.0 Å². The number of amides is 1. The molecule has 86 valence electrons. The highest BCUT2D eigenvalue weighted by Crippen LogP contribution is 2.44. The third-order valence-corrected chi connectivity index (χ3v) is 3.65. The standard InChI is InChI=1S/C11H21N3O/c1-14(9-2-3-9)7-6-13-10(15)11(8-12)4-5-11/h9H,2-8,12H2,1H3,(H,13,15). The fraction of sp³-hybridized carbons (Fsp3) is 0.909. The van der Waals surface area contributed by atoms with Crippen molar-refractivity contribution < 1.29 is 4.79 Å². The lowest BCUT2D eigenvalue weighted by Gasteiger charge is -2.17. The molecule has 1 amide bonds. The molecule has 15 heavy (non-hydrogen) atoms. The molecule has 2 fully saturated rings. The van der Waals surface area contributed by atoms with Crippen molar-refractivity contribution in [3.63, 3.8) is 0 Å². The van der Waals surface area contributed by atoms with Crippen LogP contribution in [0.4, 0.5) is 0 Å². The zero-order chi connectivity index (χ0) is 10.9. The molecular formula is C11H21N3O. The smallest absolute Gasteiger partial charge is 0.227 e. The molecule has 2 aliphatic rings. The van der Waals surface area contributed by atoms with E-state index in [-0.39, 0.29) is 11.3 Å². The Morgan fingerprint density at radius 3 is 2.67 bits per heavy atom. The van der Waals surface area contributed by atoms with Crippen molar-refractivity contribution in [2.45, 2.75) is 31.7 Å². The van der Waals surface area contributed by atoms with Crippen LogP contribution < -0.4 is 11.1 Å². The lowest BCUT2D eigenvalue weighted by atomic mass is 10.1. The number of likely N-dealkylation sites (N-methyl/N-ethyl adjacent to an activating group) is 1. The van der Waals surface area contributed by atoms with Gasteiger partial charge in [-0.1, -0.05) is 0 Å². The van der Waals surface area contributed by atoms with Crippen LogP contribution in [0.15, 0.2) is 0 Å². The minimum atomic E-state index is -0.196. The first-order valence-electron chi connectivity index (χ1n) is 5.86. The summed E-state index contributed by atoms with van der Waals surface area (Å²) in [6.45, 7) is 2.21. The molecule has 0 aliphatic heterocycles. The first-order valence-corrected chi connectivity index (χ1v) is 5.86. The largest absolute Gasteiger partial charge is 0.354 e. The molecule has 0 radical (unpaired) electrons. The molecule has 2 rings (SSSR count). The van der Waals surface area contributed by atoms with Crippen molar-refractivity contribution in [2.75, 3.05) is 26.7 Å². The molecule has 0 saturated heterocycles. The highest BCUT2D eigenvalue weighted by molar-refractivity contribution is 5.85. The fourth-order valence-electron chi connectivity index (χ4n) is 1.91. The van der Waals surface area contributed by atoms with Crippen LogP contribution in [0.3, 0.4) is 0 Å². The van der Waals surface area contributed by atoms with Crippen LogP contribution in [0.25, 0.3) is 0 Å². The summed E-state index contributed by atoms with van der Waals surface area (Å²) in [4.78, 5) is 14.0. The number of hydrogen-bond donors (Lipinski definition) is 2. The van der Waals surface area contributed by atoms with E-state index in [9.17, 15) is 4.79 Å². The normalized spacial score (nSPS) is 22.9. The Morgan fingerprint density at radius 1 is 1.53 bits per heavy atom. The van der Waals surface area contributed by atoms with Crippen LogP contribution in [0.1, 0.15) is 25.7 Å². The first kappa shape index (κ1) is 10.9. The zero-order valence-corrected chi connectivity index (χ0v) is 9.46. The van der Waals surface area contributed by atoms with E-state index in [1.807, 2.05) is 0 Å². The van der Waals surface area contributed by atoms with E-state index in [2.05, 4.69) is 17.3 Å². The SMILES string of the molecule is CN(CCNC(=O)C1(CN)CC1)C1CC1. The van der Waals surface area contributed by atoms with Gasteiger partial charge in [0.1, 0.15) is 0 Å². The van der Waals surface area contributed by atoms with Crippen molar-refractivity contribution >= 4 is 5.91 Å². The third kappa shape index (κ3) is 2.49. The topological polar surface area (TPSA) is 58.4 Å². The molecule has 0 unspecified atom stereocenters. The van der Waals surface area contributed by atoms with Crippen LogP contribution in [0.5, 0.6) is 0 Å². The second-order valence-electron chi connectivity index (χ2n) is 4.95. The average Bonchev–Trinajstić information content (AvgIpc) is 3.09. The second kappa shape index (κ2) is 4.10. The van der Waals surface area contributed by atoms with E-state index < -0.39 is 0 Å². The van der Waals surface area contributed by atoms with Gasteiger partial charge in [0, 0.05) is 25.7 Å². The Kier molecular flexibility index (Phi) is 2.98. The van der Waals surface area contributed by atoms with Gasteiger partial charge in [-0.15, -0.1) is 0 Å². The molecule has 3 N–H and O–H groups in total. The summed E-state index contributed by atoms with van der Waals surface area (Å²) in [5.74, 6) is 0.161. The summed E-state index contributed by atoms with van der Waals surface area (Å²) in [5.41, 5.74) is 5.39. The lowest BCUT2D eigenvalue weighted by molar-refractivity contribution is -0.126. The van der Waals surface area contributed by atoms with Gasteiger partial charge in [-0.25, -0.2) is 0 Å². The molecule has 0 spiro atoms. The van der Waals surface area contributed by atoms with E-state index in [4.69, 9.17) is 5.73 Å². The molecule has 0 aromatic heterocycles. The van der Waals surface area contributed by atoms with Crippen LogP contribution in [0.2, 0.25) is 0 Å². The predicted molar refractivity (Wildman–Crippen MR) is 59.4 cm³/mol. The third-order valence-electron chi connectivity index (χ3n) is 3.65. The van der Waals surface area contributed by atoms with Gasteiger partial charge in [-0.05, 0) is 32.7 Å². The minimum Gasteiger partial charge on any atom is -0.354 e. The Morgan fingerprint density at radius 2 is 2.20 bits per heavy atom. The maximum absolute atomic E-state index is 11.7. The molecule has 4 nitrogen and oxygen atoms in total. The quantitative estimate of drug-likeness (QED) is 0.647. The zero-order valence-electron chi connectivity index (χ0n) is 9.46. The van der Waals surface area contributed by atoms with Gasteiger partial charge in [0.2, 0.25) is 5.91 Å². The molecule has 0 bridgehead atoms. The van der Waals surface area contributed by atoms with Crippen LogP contribution in [0, 0.1) is 5.41 Å². The monoisotopic (exact) mass is 211 g/mol. The Bertz CT molecular complexity index is 246. The van der Waals surface area contributed by atoms with Crippen LogP contribution in [-0.4, -0.2) is 43.5 Å². The molecule has 0 atom stereocenters. The number of nitrogens with one attached hydrogen (secondary N) is 1. The highest BCUT2D eigenvalue weighted by atomic mass is 16.2. The van der Waals surface area contributed by atoms with Crippen molar-refractivity contribution in [2.24, 2.45) is 11.1 Å². The molecular weight excluding hydrogens is 190 g/mol. The molecule has 2 saturated carbocycles. The van der Waals surface area contributed by atoms with Gasteiger partial charge in [0.25, 0.3) is 0 Å². The minimum absolute atomic E-state index is 0.161. The maximum atomic E-state index is 11.7. The summed E-state index contributed by atoms with van der Waals surface area (Å²) in [7, 11) is 2.12. The summed E-state index contributed by atoms with van der Waals surface area (Å²) in [6.07, 6.45) is 4.57. The highest BCUT2D eigenvalue weighted by Gasteiger charge is 2.48. The number of rotatable bonds is 6. The Labute approximate surface area is 91.2 Å². The summed E-state index contributed by atoms with van der Waals surface area (Å²) in [5, 5.41) is 2.99. The van der Waals surface area contributed by atoms with E-state index in [1.54, 1.807) is 0 Å². The van der Waals surface area contributed by atoms with E-state index in [0.29, 0.717) is 6.54 Å². The molecule has 0 heterocycles. The van der Waals surface area contributed by atoms with E-state index >= 15 is 0 Å². The number of hydrogen-bond acceptors (Lipinski definition) is 3. The Balaban J connectivity index is 1.63. The number of nitrogens with two attached hydrogens (primary N) is 1. The van der Waals surface area contributed by atoms with Crippen molar-refractivity contribution in [1.29, 1.82) is 0 Å². The molecule has 0 aromatic carbocycles. The van der Waals surface area contributed by atoms with Gasteiger partial charge in [-0.3, -0.25) is 4.79 Å². The van der Waals surface area contributed by atoms with Gasteiger partial charge in [0.15, 0.2) is 0 Å². The van der Waals surface area contributed by atoms with Crippen molar-refractivity contribution in [3.8, 4) is 0 Å². The van der Waals surface area contributed by atoms with Gasteiger partial charge >= 0.3 is 0 Å². The predicted octanol–water partition coefficient (Wildman–Crippen LogP) is -0.0643. The second-order valence-corrected chi connectivity index (χ2v) is 4.95. The molecule has 4 heteroatoms. The van der Waals surface area contributed by atoms with Gasteiger partial charge < -0.3 is 16.0 Å². The molecule has 2 aliphatic carbocycles. The van der Waals surface area contributed by atoms with Crippen molar-refractivity contribution in [3.05, 3.63) is 0 Å². The Hall–Kier alpha value is -0.610.